The van der Waals surface area contributed by atoms with Crippen LogP contribution < -0.4 is 15.5 Å². The van der Waals surface area contributed by atoms with Crippen LogP contribution in [0.5, 0.6) is 0 Å². The Morgan fingerprint density at radius 2 is 1.85 bits per heavy atom. The summed E-state index contributed by atoms with van der Waals surface area (Å²) in [4.78, 5) is 24.3. The van der Waals surface area contributed by atoms with E-state index in [0.717, 1.165) is 6.07 Å². The molecule has 0 unspecified atom stereocenters. The molecule has 2 amide bonds. The first-order valence-corrected chi connectivity index (χ1v) is 10.4. The summed E-state index contributed by atoms with van der Waals surface area (Å²) >= 11 is 0. The van der Waals surface area contributed by atoms with Gasteiger partial charge in [0.05, 0.1) is 5.52 Å². The largest absolute Gasteiger partial charge is 0.433 e. The molecule has 33 heavy (non-hydrogen) atoms. The summed E-state index contributed by atoms with van der Waals surface area (Å²) in [6, 6.07) is 9.11. The summed E-state index contributed by atoms with van der Waals surface area (Å²) in [5, 5.41) is 5.90. The lowest BCUT2D eigenvalue weighted by Gasteiger charge is -2.35. The topological polar surface area (TPSA) is 73.4 Å². The third kappa shape index (κ3) is 5.67. The molecule has 1 aromatic carbocycles. The van der Waals surface area contributed by atoms with Crippen molar-refractivity contribution < 1.29 is 22.4 Å². The minimum atomic E-state index is -4.49. The van der Waals surface area contributed by atoms with E-state index < -0.39 is 23.7 Å². The second-order valence-electron chi connectivity index (χ2n) is 7.62. The number of rotatable bonds is 5. The van der Waals surface area contributed by atoms with Gasteiger partial charge < -0.3 is 15.5 Å². The highest BCUT2D eigenvalue weighted by molar-refractivity contribution is 5.90. The summed E-state index contributed by atoms with van der Waals surface area (Å²) in [6.45, 7) is 3.74. The van der Waals surface area contributed by atoms with Crippen molar-refractivity contribution in [1.29, 1.82) is 0 Å². The zero-order valence-electron chi connectivity index (χ0n) is 17.6. The number of piperazine rings is 1. The second kappa shape index (κ2) is 9.57. The van der Waals surface area contributed by atoms with Gasteiger partial charge >= 0.3 is 12.2 Å². The molecule has 0 radical (unpaired) electrons. The van der Waals surface area contributed by atoms with E-state index >= 15 is 0 Å². The van der Waals surface area contributed by atoms with Gasteiger partial charge in [-0.1, -0.05) is 6.07 Å². The number of carbonyl (C=O) groups excluding carboxylic acids is 1. The van der Waals surface area contributed by atoms with Gasteiger partial charge in [0, 0.05) is 56.5 Å². The molecule has 1 saturated heterocycles. The number of nitrogens with one attached hydrogen (secondary N) is 2. The minimum absolute atomic E-state index is 0.255. The molecule has 2 aromatic heterocycles. The standard InChI is InChI=1S/C22H22F4N6O/c23-15-2-1-3-16(14-15)29-21(33)28-8-9-31-10-12-32(13-11-31)20-17-4-5-19(22(24,25)26)30-18(17)6-7-27-20/h1-7,14H,8-13H2,(H2,28,29,33). The van der Waals surface area contributed by atoms with Crippen molar-refractivity contribution in [2.45, 2.75) is 6.18 Å². The predicted molar refractivity (Wildman–Crippen MR) is 117 cm³/mol. The van der Waals surface area contributed by atoms with Crippen molar-refractivity contribution >= 4 is 28.4 Å². The van der Waals surface area contributed by atoms with Gasteiger partial charge in [0.2, 0.25) is 0 Å². The molecule has 1 aliphatic heterocycles. The third-order valence-corrected chi connectivity index (χ3v) is 5.35. The zero-order chi connectivity index (χ0) is 23.4. The van der Waals surface area contributed by atoms with Crippen LogP contribution >= 0.6 is 0 Å². The van der Waals surface area contributed by atoms with Gasteiger partial charge in [0.15, 0.2) is 0 Å². The van der Waals surface area contributed by atoms with Crippen LogP contribution in [0.25, 0.3) is 10.9 Å². The summed E-state index contributed by atoms with van der Waals surface area (Å²) in [5.41, 5.74) is -0.294. The molecular weight excluding hydrogens is 440 g/mol. The third-order valence-electron chi connectivity index (χ3n) is 5.35. The highest BCUT2D eigenvalue weighted by Crippen LogP contribution is 2.31. The van der Waals surface area contributed by atoms with Crippen molar-refractivity contribution in [3.05, 3.63) is 60.2 Å². The van der Waals surface area contributed by atoms with E-state index in [1.165, 1.54) is 36.5 Å². The number of amides is 2. The maximum Gasteiger partial charge on any atom is 0.433 e. The number of pyridine rings is 2. The molecule has 3 aromatic rings. The van der Waals surface area contributed by atoms with Crippen LogP contribution in [0.15, 0.2) is 48.7 Å². The summed E-state index contributed by atoms with van der Waals surface area (Å²) in [5.74, 6) is 0.184. The predicted octanol–water partition coefficient (Wildman–Crippen LogP) is 3.73. The lowest BCUT2D eigenvalue weighted by molar-refractivity contribution is -0.140. The summed E-state index contributed by atoms with van der Waals surface area (Å²) in [7, 11) is 0. The lowest BCUT2D eigenvalue weighted by Crippen LogP contribution is -2.49. The van der Waals surface area contributed by atoms with Crippen LogP contribution in [0, 0.1) is 5.82 Å². The average Bonchev–Trinajstić information content (AvgIpc) is 2.78. The van der Waals surface area contributed by atoms with E-state index in [9.17, 15) is 22.4 Å². The van der Waals surface area contributed by atoms with Crippen molar-refractivity contribution in [3.63, 3.8) is 0 Å². The fourth-order valence-electron chi connectivity index (χ4n) is 3.70. The number of hydrogen-bond donors (Lipinski definition) is 2. The lowest BCUT2D eigenvalue weighted by atomic mass is 10.2. The zero-order valence-corrected chi connectivity index (χ0v) is 17.6. The van der Waals surface area contributed by atoms with Crippen LogP contribution in [0.2, 0.25) is 0 Å². The number of halogens is 4. The molecule has 0 bridgehead atoms. The van der Waals surface area contributed by atoms with Gasteiger partial charge in [-0.15, -0.1) is 0 Å². The number of hydrogen-bond acceptors (Lipinski definition) is 5. The van der Waals surface area contributed by atoms with Crippen molar-refractivity contribution in [3.8, 4) is 0 Å². The maximum atomic E-state index is 13.2. The Balaban J connectivity index is 1.28. The number of carbonyl (C=O) groups is 1. The first kappa shape index (κ1) is 22.7. The van der Waals surface area contributed by atoms with Gasteiger partial charge in [-0.3, -0.25) is 4.90 Å². The molecule has 11 heteroatoms. The van der Waals surface area contributed by atoms with Crippen LogP contribution in [-0.4, -0.2) is 60.2 Å². The van der Waals surface area contributed by atoms with E-state index in [2.05, 4.69) is 25.5 Å². The maximum absolute atomic E-state index is 13.2. The molecule has 1 aliphatic rings. The smallest absolute Gasteiger partial charge is 0.353 e. The summed E-state index contributed by atoms with van der Waals surface area (Å²) < 4.78 is 52.0. The molecule has 0 saturated carbocycles. The number of nitrogens with zero attached hydrogens (tertiary/aromatic N) is 4. The SMILES string of the molecule is O=C(NCCN1CCN(c2nccc3nc(C(F)(F)F)ccc23)CC1)Nc1cccc(F)c1. The van der Waals surface area contributed by atoms with Crippen molar-refractivity contribution in [1.82, 2.24) is 20.2 Å². The number of anilines is 2. The molecule has 7 nitrogen and oxygen atoms in total. The highest BCUT2D eigenvalue weighted by atomic mass is 19.4. The molecule has 4 rings (SSSR count). The van der Waals surface area contributed by atoms with Crippen LogP contribution in [-0.2, 0) is 6.18 Å². The van der Waals surface area contributed by atoms with E-state index in [4.69, 9.17) is 0 Å². The Morgan fingerprint density at radius 1 is 1.06 bits per heavy atom. The van der Waals surface area contributed by atoms with Crippen LogP contribution in [0.4, 0.5) is 33.9 Å². The van der Waals surface area contributed by atoms with E-state index in [-0.39, 0.29) is 5.52 Å². The van der Waals surface area contributed by atoms with E-state index in [1.54, 1.807) is 6.07 Å². The Kier molecular flexibility index (Phi) is 6.59. The number of urea groups is 1. The molecule has 1 fully saturated rings. The molecule has 0 spiro atoms. The van der Waals surface area contributed by atoms with Gasteiger partial charge in [-0.25, -0.2) is 19.2 Å². The Morgan fingerprint density at radius 3 is 2.58 bits per heavy atom. The first-order valence-electron chi connectivity index (χ1n) is 10.4. The minimum Gasteiger partial charge on any atom is -0.353 e. The number of alkyl halides is 3. The Labute approximate surface area is 187 Å². The molecule has 2 N–H and O–H groups in total. The second-order valence-corrected chi connectivity index (χ2v) is 7.62. The van der Waals surface area contributed by atoms with Gasteiger partial charge in [0.25, 0.3) is 0 Å². The fourth-order valence-corrected chi connectivity index (χ4v) is 3.70. The first-order chi connectivity index (χ1) is 15.8. The van der Waals surface area contributed by atoms with Gasteiger partial charge in [-0.05, 0) is 36.4 Å². The van der Waals surface area contributed by atoms with Crippen molar-refractivity contribution in [2.75, 3.05) is 49.5 Å². The number of aromatic nitrogens is 2. The van der Waals surface area contributed by atoms with Crippen molar-refractivity contribution in [2.24, 2.45) is 0 Å². The molecule has 174 valence electrons. The molecule has 0 aliphatic carbocycles. The average molecular weight is 462 g/mol. The number of benzene rings is 1. The normalized spacial score (nSPS) is 15.0. The van der Waals surface area contributed by atoms with Crippen LogP contribution in [0.1, 0.15) is 5.69 Å². The fraction of sp³-hybridized carbons (Fsp3) is 0.318. The van der Waals surface area contributed by atoms with Gasteiger partial charge in [-0.2, -0.15) is 13.2 Å². The van der Waals surface area contributed by atoms with E-state index in [1.807, 2.05) is 4.90 Å². The monoisotopic (exact) mass is 462 g/mol. The summed E-state index contributed by atoms with van der Waals surface area (Å²) in [6.07, 6.45) is -3.02. The molecule has 3 heterocycles. The van der Waals surface area contributed by atoms with Crippen LogP contribution in [0.3, 0.4) is 0 Å². The Bertz CT molecular complexity index is 1130. The molecule has 0 atom stereocenters. The number of fused-ring (bicyclic) bond motifs is 1. The molecular formula is C22H22F4N6O. The highest BCUT2D eigenvalue weighted by Gasteiger charge is 2.32. The Hall–Kier alpha value is -3.47. The quantitative estimate of drug-likeness (QED) is 0.566. The van der Waals surface area contributed by atoms with E-state index in [0.29, 0.717) is 56.2 Å². The van der Waals surface area contributed by atoms with Gasteiger partial charge in [0.1, 0.15) is 17.3 Å².